The third kappa shape index (κ3) is 2.78. The third-order valence-corrected chi connectivity index (χ3v) is 4.68. The van der Waals surface area contributed by atoms with Crippen molar-refractivity contribution in [2.24, 2.45) is 0 Å². The molecule has 0 aliphatic rings. The zero-order valence-corrected chi connectivity index (χ0v) is 13.2. The number of aromatic nitrogens is 3. The molecule has 3 aromatic rings. The zero-order chi connectivity index (χ0) is 16.6. The molecule has 0 bridgehead atoms. The van der Waals surface area contributed by atoms with Crippen LogP contribution >= 0.6 is 0 Å². The van der Waals surface area contributed by atoms with Gasteiger partial charge in [-0.05, 0) is 25.1 Å². The summed E-state index contributed by atoms with van der Waals surface area (Å²) in [5.74, 6) is 1.01. The lowest BCUT2D eigenvalue weighted by Crippen LogP contribution is -2.12. The summed E-state index contributed by atoms with van der Waals surface area (Å²) in [6, 6.07) is 7.85. The van der Waals surface area contributed by atoms with Gasteiger partial charge in [0, 0.05) is 12.3 Å². The second-order valence-corrected chi connectivity index (χ2v) is 6.55. The Morgan fingerprint density at radius 3 is 2.78 bits per heavy atom. The van der Waals surface area contributed by atoms with Crippen LogP contribution in [0.4, 0.5) is 5.69 Å². The van der Waals surface area contributed by atoms with Crippen molar-refractivity contribution in [3.05, 3.63) is 52.7 Å². The molecule has 2 N–H and O–H groups in total. The Labute approximate surface area is 131 Å². The molecular formula is C14H14N4O4S. The lowest BCUT2D eigenvalue weighted by atomic mass is 10.3. The van der Waals surface area contributed by atoms with Crippen molar-refractivity contribution in [3.8, 4) is 5.75 Å². The van der Waals surface area contributed by atoms with Crippen LogP contribution in [0.15, 0.2) is 46.2 Å². The summed E-state index contributed by atoms with van der Waals surface area (Å²) in [7, 11) is -2.34. The van der Waals surface area contributed by atoms with Crippen molar-refractivity contribution in [2.45, 2.75) is 11.8 Å². The molecule has 1 aromatic carbocycles. The van der Waals surface area contributed by atoms with E-state index >= 15 is 0 Å². The molecule has 0 spiro atoms. The molecule has 0 unspecified atom stereocenters. The smallest absolute Gasteiger partial charge is 0.288 e. The number of anilines is 1. The average molecular weight is 334 g/mol. The highest BCUT2D eigenvalue weighted by Gasteiger charge is 2.18. The van der Waals surface area contributed by atoms with Crippen LogP contribution in [0.3, 0.4) is 0 Å². The minimum Gasteiger partial charge on any atom is -0.497 e. The van der Waals surface area contributed by atoms with E-state index in [1.165, 1.54) is 23.8 Å². The number of methoxy groups -OCH3 is 1. The normalized spacial score (nSPS) is 11.6. The molecule has 0 radical (unpaired) electrons. The van der Waals surface area contributed by atoms with E-state index < -0.39 is 15.6 Å². The number of fused-ring (bicyclic) bond motifs is 1. The van der Waals surface area contributed by atoms with E-state index in [0.717, 1.165) is 0 Å². The number of ether oxygens (including phenoxy) is 1. The van der Waals surface area contributed by atoms with E-state index in [2.05, 4.69) is 14.9 Å². The SMILES string of the molecule is COc1cccc(NS(=O)(=O)c2cc3c(=O)[nH]nc(C)n3c2)c1. The maximum absolute atomic E-state index is 12.5. The molecule has 23 heavy (non-hydrogen) atoms. The maximum Gasteiger partial charge on any atom is 0.288 e. The highest BCUT2D eigenvalue weighted by molar-refractivity contribution is 7.92. The van der Waals surface area contributed by atoms with E-state index in [1.807, 2.05) is 0 Å². The van der Waals surface area contributed by atoms with Crippen molar-refractivity contribution in [2.75, 3.05) is 11.8 Å². The minimum atomic E-state index is -3.84. The van der Waals surface area contributed by atoms with Crippen LogP contribution in [0.5, 0.6) is 5.75 Å². The number of H-pyrrole nitrogens is 1. The zero-order valence-electron chi connectivity index (χ0n) is 12.4. The van der Waals surface area contributed by atoms with E-state index in [1.54, 1.807) is 31.2 Å². The molecule has 0 saturated carbocycles. The number of nitrogens with zero attached hydrogens (tertiary/aromatic N) is 2. The number of hydrogen-bond acceptors (Lipinski definition) is 5. The number of nitrogens with one attached hydrogen (secondary N) is 2. The van der Waals surface area contributed by atoms with Crippen molar-refractivity contribution >= 4 is 21.2 Å². The van der Waals surface area contributed by atoms with E-state index in [4.69, 9.17) is 4.74 Å². The van der Waals surface area contributed by atoms with Gasteiger partial charge in [0.15, 0.2) is 0 Å². The first-order valence-corrected chi connectivity index (χ1v) is 8.13. The largest absolute Gasteiger partial charge is 0.497 e. The molecular weight excluding hydrogens is 320 g/mol. The summed E-state index contributed by atoms with van der Waals surface area (Å²) in [6.07, 6.45) is 1.36. The van der Waals surface area contributed by atoms with Gasteiger partial charge in [-0.15, -0.1) is 0 Å². The lowest BCUT2D eigenvalue weighted by molar-refractivity contribution is 0.415. The Kier molecular flexibility index (Phi) is 3.57. The van der Waals surface area contributed by atoms with Crippen LogP contribution in [0.2, 0.25) is 0 Å². The number of benzene rings is 1. The van der Waals surface area contributed by atoms with Crippen molar-refractivity contribution in [3.63, 3.8) is 0 Å². The Hall–Kier alpha value is -2.81. The summed E-state index contributed by atoms with van der Waals surface area (Å²) >= 11 is 0. The van der Waals surface area contributed by atoms with Crippen LogP contribution in [0.25, 0.3) is 5.52 Å². The number of sulfonamides is 1. The van der Waals surface area contributed by atoms with Gasteiger partial charge in [0.05, 0.1) is 12.8 Å². The van der Waals surface area contributed by atoms with Gasteiger partial charge in [0.2, 0.25) is 0 Å². The fourth-order valence-corrected chi connectivity index (χ4v) is 3.24. The van der Waals surface area contributed by atoms with Crippen molar-refractivity contribution in [1.82, 2.24) is 14.6 Å². The molecule has 2 heterocycles. The molecule has 0 saturated heterocycles. The first-order valence-electron chi connectivity index (χ1n) is 6.65. The van der Waals surface area contributed by atoms with Gasteiger partial charge in [-0.1, -0.05) is 6.07 Å². The molecule has 0 aliphatic heterocycles. The predicted octanol–water partition coefficient (Wildman–Crippen LogP) is 1.14. The molecule has 120 valence electrons. The molecule has 0 fully saturated rings. The maximum atomic E-state index is 12.5. The van der Waals surface area contributed by atoms with E-state index in [-0.39, 0.29) is 10.4 Å². The summed E-state index contributed by atoms with van der Waals surface area (Å²) in [6.45, 7) is 1.66. The fourth-order valence-electron chi connectivity index (χ4n) is 2.17. The lowest BCUT2D eigenvalue weighted by Gasteiger charge is -2.07. The van der Waals surface area contributed by atoms with Gasteiger partial charge in [0.1, 0.15) is 22.0 Å². The first-order chi connectivity index (χ1) is 10.9. The Morgan fingerprint density at radius 2 is 2.09 bits per heavy atom. The molecule has 0 amide bonds. The standard InChI is InChI=1S/C14H14N4O4S/c1-9-15-16-14(19)13-7-12(8-18(9)13)23(20,21)17-10-4-3-5-11(6-10)22-2/h3-8,17H,1-2H3,(H,16,19). The highest BCUT2D eigenvalue weighted by atomic mass is 32.2. The molecule has 2 aromatic heterocycles. The van der Waals surface area contributed by atoms with E-state index in [0.29, 0.717) is 17.3 Å². The van der Waals surface area contributed by atoms with Crippen molar-refractivity contribution < 1.29 is 13.2 Å². The van der Waals surface area contributed by atoms with Crippen LogP contribution in [0.1, 0.15) is 5.82 Å². The number of rotatable bonds is 4. The first kappa shape index (κ1) is 15.1. The Balaban J connectivity index is 2.04. The van der Waals surface area contributed by atoms with Gasteiger partial charge in [-0.3, -0.25) is 13.9 Å². The molecule has 3 rings (SSSR count). The predicted molar refractivity (Wildman–Crippen MR) is 84.4 cm³/mol. The van der Waals surface area contributed by atoms with Crippen LogP contribution in [-0.2, 0) is 10.0 Å². The third-order valence-electron chi connectivity index (χ3n) is 3.33. The summed E-state index contributed by atoms with van der Waals surface area (Å²) < 4.78 is 33.9. The van der Waals surface area contributed by atoms with Crippen LogP contribution in [-0.4, -0.2) is 30.1 Å². The Bertz CT molecular complexity index is 1040. The monoisotopic (exact) mass is 334 g/mol. The topological polar surface area (TPSA) is 106 Å². The Morgan fingerprint density at radius 1 is 1.30 bits per heavy atom. The van der Waals surface area contributed by atoms with Crippen LogP contribution in [0, 0.1) is 6.92 Å². The number of aromatic amines is 1. The van der Waals surface area contributed by atoms with Gasteiger partial charge in [-0.25, -0.2) is 13.5 Å². The van der Waals surface area contributed by atoms with Crippen molar-refractivity contribution in [1.29, 1.82) is 0 Å². The quantitative estimate of drug-likeness (QED) is 0.744. The van der Waals surface area contributed by atoms with Crippen LogP contribution < -0.4 is 15.0 Å². The molecule has 9 heteroatoms. The van der Waals surface area contributed by atoms with Gasteiger partial charge < -0.3 is 4.74 Å². The second-order valence-electron chi connectivity index (χ2n) is 4.87. The molecule has 0 aliphatic carbocycles. The number of aryl methyl sites for hydroxylation is 1. The average Bonchev–Trinajstić information content (AvgIpc) is 2.98. The van der Waals surface area contributed by atoms with Gasteiger partial charge in [0.25, 0.3) is 15.6 Å². The molecule has 8 nitrogen and oxygen atoms in total. The molecule has 0 atom stereocenters. The minimum absolute atomic E-state index is 0.0260. The summed E-state index contributed by atoms with van der Waals surface area (Å²) in [5, 5.41) is 6.12. The summed E-state index contributed by atoms with van der Waals surface area (Å²) in [4.78, 5) is 11.7. The summed E-state index contributed by atoms with van der Waals surface area (Å²) in [5.41, 5.74) is 0.116. The highest BCUT2D eigenvalue weighted by Crippen LogP contribution is 2.21. The van der Waals surface area contributed by atoms with Gasteiger partial charge in [-0.2, -0.15) is 5.10 Å². The van der Waals surface area contributed by atoms with Gasteiger partial charge >= 0.3 is 0 Å². The fraction of sp³-hybridized carbons (Fsp3) is 0.143. The number of hydrogen-bond donors (Lipinski definition) is 2. The second kappa shape index (κ2) is 5.43. The van der Waals surface area contributed by atoms with E-state index in [9.17, 15) is 13.2 Å².